The second-order valence-electron chi connectivity index (χ2n) is 6.92. The highest BCUT2D eigenvalue weighted by atomic mass is 16.5. The number of piperidine rings is 1. The Balaban J connectivity index is 2.00. The monoisotopic (exact) mass is 340 g/mol. The molecule has 2 amide bonds. The average molecular weight is 340 g/mol. The van der Waals surface area contributed by atoms with Crippen LogP contribution in [0.5, 0.6) is 0 Å². The Labute approximate surface area is 142 Å². The van der Waals surface area contributed by atoms with Gasteiger partial charge in [-0.05, 0) is 25.7 Å². The van der Waals surface area contributed by atoms with Crippen molar-refractivity contribution >= 4 is 17.8 Å². The van der Waals surface area contributed by atoms with Crippen LogP contribution in [0.1, 0.15) is 44.9 Å². The molecule has 24 heavy (non-hydrogen) atoms. The Morgan fingerprint density at radius 3 is 2.62 bits per heavy atom. The number of amides is 2. The predicted octanol–water partition coefficient (Wildman–Crippen LogP) is 1.12. The van der Waals surface area contributed by atoms with Crippen molar-refractivity contribution in [3.63, 3.8) is 0 Å². The standard InChI is InChI=1S/C17H28N2O5/c1-24-13-17(16(22)23)8-6-10-19(12-17)15(21)11-18-9-5-3-2-4-7-14(18)20/h2-13H2,1H3,(H,22,23)/t17-/m0/s1. The maximum absolute atomic E-state index is 12.6. The number of hydrogen-bond donors (Lipinski definition) is 1. The van der Waals surface area contributed by atoms with Crippen molar-refractivity contribution in [2.75, 3.05) is 39.9 Å². The zero-order valence-electron chi connectivity index (χ0n) is 14.5. The van der Waals surface area contributed by atoms with Gasteiger partial charge in [0.2, 0.25) is 11.8 Å². The summed E-state index contributed by atoms with van der Waals surface area (Å²) in [4.78, 5) is 39.7. The molecule has 2 aliphatic heterocycles. The molecule has 7 heteroatoms. The van der Waals surface area contributed by atoms with Gasteiger partial charge in [0.15, 0.2) is 0 Å². The number of carboxylic acid groups (broad SMARTS) is 1. The molecule has 0 aromatic rings. The molecule has 0 aliphatic carbocycles. The van der Waals surface area contributed by atoms with E-state index in [4.69, 9.17) is 4.74 Å². The minimum Gasteiger partial charge on any atom is -0.481 e. The molecule has 1 atom stereocenters. The number of methoxy groups -OCH3 is 1. The van der Waals surface area contributed by atoms with Crippen molar-refractivity contribution in [2.45, 2.75) is 44.9 Å². The van der Waals surface area contributed by atoms with E-state index in [9.17, 15) is 19.5 Å². The van der Waals surface area contributed by atoms with Crippen LogP contribution in [-0.4, -0.2) is 72.6 Å². The molecule has 2 heterocycles. The van der Waals surface area contributed by atoms with Gasteiger partial charge in [-0.2, -0.15) is 0 Å². The molecule has 0 aromatic heterocycles. The van der Waals surface area contributed by atoms with Gasteiger partial charge in [-0.3, -0.25) is 14.4 Å². The van der Waals surface area contributed by atoms with Crippen LogP contribution in [0.4, 0.5) is 0 Å². The van der Waals surface area contributed by atoms with E-state index in [1.807, 2.05) is 0 Å². The molecule has 0 spiro atoms. The number of carbonyl (C=O) groups excluding carboxylic acids is 2. The lowest BCUT2D eigenvalue weighted by Gasteiger charge is -2.40. The van der Waals surface area contributed by atoms with E-state index >= 15 is 0 Å². The number of rotatable bonds is 5. The Kier molecular flexibility index (Phi) is 6.60. The summed E-state index contributed by atoms with van der Waals surface area (Å²) in [6.45, 7) is 1.45. The quantitative estimate of drug-likeness (QED) is 0.810. The summed E-state index contributed by atoms with van der Waals surface area (Å²) >= 11 is 0. The topological polar surface area (TPSA) is 87.2 Å². The highest BCUT2D eigenvalue weighted by Crippen LogP contribution is 2.31. The lowest BCUT2D eigenvalue weighted by atomic mass is 9.80. The number of hydrogen-bond acceptors (Lipinski definition) is 4. The van der Waals surface area contributed by atoms with E-state index in [0.29, 0.717) is 32.4 Å². The second-order valence-corrected chi connectivity index (χ2v) is 6.92. The van der Waals surface area contributed by atoms with Crippen LogP contribution in [-0.2, 0) is 19.1 Å². The van der Waals surface area contributed by atoms with Gasteiger partial charge in [0.25, 0.3) is 0 Å². The molecule has 1 N–H and O–H groups in total. The molecule has 0 radical (unpaired) electrons. The zero-order chi connectivity index (χ0) is 17.6. The first-order valence-corrected chi connectivity index (χ1v) is 8.76. The number of carbonyl (C=O) groups is 3. The number of nitrogens with zero attached hydrogens (tertiary/aromatic N) is 2. The van der Waals surface area contributed by atoms with Gasteiger partial charge in [-0.1, -0.05) is 12.8 Å². The molecule has 0 aromatic carbocycles. The summed E-state index contributed by atoms with van der Waals surface area (Å²) in [5.41, 5.74) is -1.04. The molecule has 2 rings (SSSR count). The van der Waals surface area contributed by atoms with Crippen LogP contribution in [0.3, 0.4) is 0 Å². The lowest BCUT2D eigenvalue weighted by molar-refractivity contribution is -0.160. The first-order chi connectivity index (χ1) is 11.5. The summed E-state index contributed by atoms with van der Waals surface area (Å²) in [5.74, 6) is -1.06. The third kappa shape index (κ3) is 4.47. The van der Waals surface area contributed by atoms with Crippen LogP contribution >= 0.6 is 0 Å². The van der Waals surface area contributed by atoms with Crippen molar-refractivity contribution in [3.8, 4) is 0 Å². The normalized spacial score (nSPS) is 26.0. The fourth-order valence-electron chi connectivity index (χ4n) is 3.62. The van der Waals surface area contributed by atoms with E-state index in [2.05, 4.69) is 0 Å². The summed E-state index contributed by atoms with van der Waals surface area (Å²) in [6, 6.07) is 0. The molecule has 7 nitrogen and oxygen atoms in total. The molecular formula is C17H28N2O5. The van der Waals surface area contributed by atoms with Gasteiger partial charge in [0, 0.05) is 33.2 Å². The van der Waals surface area contributed by atoms with Crippen LogP contribution in [0.2, 0.25) is 0 Å². The summed E-state index contributed by atoms with van der Waals surface area (Å²) in [6.07, 6.45) is 5.58. The number of carboxylic acids is 1. The zero-order valence-corrected chi connectivity index (χ0v) is 14.5. The second kappa shape index (κ2) is 8.46. The van der Waals surface area contributed by atoms with E-state index < -0.39 is 11.4 Å². The Hall–Kier alpha value is -1.63. The number of likely N-dealkylation sites (tertiary alicyclic amines) is 2. The largest absolute Gasteiger partial charge is 0.481 e. The summed E-state index contributed by atoms with van der Waals surface area (Å²) in [7, 11) is 1.48. The Bertz CT molecular complexity index is 478. The van der Waals surface area contributed by atoms with Crippen molar-refractivity contribution < 1.29 is 24.2 Å². The van der Waals surface area contributed by atoms with Crippen molar-refractivity contribution in [1.29, 1.82) is 0 Å². The van der Waals surface area contributed by atoms with Crippen LogP contribution in [0.15, 0.2) is 0 Å². The maximum atomic E-state index is 12.6. The highest BCUT2D eigenvalue weighted by molar-refractivity contribution is 5.85. The van der Waals surface area contributed by atoms with Gasteiger partial charge in [0.1, 0.15) is 5.41 Å². The van der Waals surface area contributed by atoms with Gasteiger partial charge in [0.05, 0.1) is 13.2 Å². The van der Waals surface area contributed by atoms with E-state index in [0.717, 1.165) is 25.7 Å². The Morgan fingerprint density at radius 2 is 1.92 bits per heavy atom. The lowest BCUT2D eigenvalue weighted by Crippen LogP contribution is -2.54. The Morgan fingerprint density at radius 1 is 1.17 bits per heavy atom. The van der Waals surface area contributed by atoms with Gasteiger partial charge in [-0.15, -0.1) is 0 Å². The van der Waals surface area contributed by atoms with E-state index in [-0.39, 0.29) is 31.5 Å². The first kappa shape index (κ1) is 18.7. The molecule has 2 saturated heterocycles. The number of aliphatic carboxylic acids is 1. The highest BCUT2D eigenvalue weighted by Gasteiger charge is 2.44. The summed E-state index contributed by atoms with van der Waals surface area (Å²) < 4.78 is 5.09. The molecule has 0 unspecified atom stereocenters. The average Bonchev–Trinajstić information content (AvgIpc) is 2.55. The molecule has 0 saturated carbocycles. The molecule has 2 aliphatic rings. The minimum absolute atomic E-state index is 0.0291. The van der Waals surface area contributed by atoms with Gasteiger partial charge >= 0.3 is 5.97 Å². The third-order valence-electron chi connectivity index (χ3n) is 5.05. The minimum atomic E-state index is -1.04. The van der Waals surface area contributed by atoms with Crippen molar-refractivity contribution in [1.82, 2.24) is 9.80 Å². The fraction of sp³-hybridized carbons (Fsp3) is 0.824. The van der Waals surface area contributed by atoms with Gasteiger partial charge < -0.3 is 19.6 Å². The number of ether oxygens (including phenoxy) is 1. The maximum Gasteiger partial charge on any atom is 0.313 e. The molecule has 0 bridgehead atoms. The molecule has 136 valence electrons. The van der Waals surface area contributed by atoms with Gasteiger partial charge in [-0.25, -0.2) is 0 Å². The first-order valence-electron chi connectivity index (χ1n) is 8.76. The van der Waals surface area contributed by atoms with Crippen LogP contribution < -0.4 is 0 Å². The third-order valence-corrected chi connectivity index (χ3v) is 5.05. The molecule has 2 fully saturated rings. The molecular weight excluding hydrogens is 312 g/mol. The van der Waals surface area contributed by atoms with Crippen molar-refractivity contribution in [2.24, 2.45) is 5.41 Å². The van der Waals surface area contributed by atoms with Crippen molar-refractivity contribution in [3.05, 3.63) is 0 Å². The smallest absolute Gasteiger partial charge is 0.313 e. The predicted molar refractivity (Wildman–Crippen MR) is 87.4 cm³/mol. The van der Waals surface area contributed by atoms with E-state index in [1.165, 1.54) is 7.11 Å². The fourth-order valence-corrected chi connectivity index (χ4v) is 3.62. The van der Waals surface area contributed by atoms with E-state index in [1.54, 1.807) is 9.80 Å². The van der Waals surface area contributed by atoms with Crippen LogP contribution in [0.25, 0.3) is 0 Å². The van der Waals surface area contributed by atoms with Crippen LogP contribution in [0, 0.1) is 5.41 Å². The SMILES string of the molecule is COC[C@]1(C(=O)O)CCCN(C(=O)CN2CCCCCCC2=O)C1. The summed E-state index contributed by atoms with van der Waals surface area (Å²) in [5, 5.41) is 9.57.